The maximum atomic E-state index is 5.95. The van der Waals surface area contributed by atoms with Crippen LogP contribution in [-0.2, 0) is 13.5 Å². The predicted molar refractivity (Wildman–Crippen MR) is 78.0 cm³/mol. The van der Waals surface area contributed by atoms with Crippen LogP contribution in [0.1, 0.15) is 44.2 Å². The summed E-state index contributed by atoms with van der Waals surface area (Å²) >= 11 is 0. The Morgan fingerprint density at radius 3 is 2.79 bits per heavy atom. The van der Waals surface area contributed by atoms with E-state index in [9.17, 15) is 0 Å². The van der Waals surface area contributed by atoms with Crippen molar-refractivity contribution in [1.82, 2.24) is 15.1 Å². The first-order chi connectivity index (χ1) is 9.25. The lowest BCUT2D eigenvalue weighted by Crippen LogP contribution is -2.40. The van der Waals surface area contributed by atoms with Crippen molar-refractivity contribution in [3.63, 3.8) is 0 Å². The van der Waals surface area contributed by atoms with E-state index in [4.69, 9.17) is 5.73 Å². The van der Waals surface area contributed by atoms with E-state index in [1.165, 1.54) is 44.2 Å². The van der Waals surface area contributed by atoms with Crippen molar-refractivity contribution < 1.29 is 0 Å². The Balaban J connectivity index is 1.74. The zero-order valence-electron chi connectivity index (χ0n) is 11.8. The second-order valence-electron chi connectivity index (χ2n) is 5.30. The Labute approximate surface area is 115 Å². The van der Waals surface area contributed by atoms with Gasteiger partial charge in [-0.15, -0.1) is 0 Å². The van der Waals surface area contributed by atoms with Crippen LogP contribution in [-0.4, -0.2) is 28.3 Å². The molecule has 0 saturated heterocycles. The molecule has 0 unspecified atom stereocenters. The SMILES string of the molecule is Cn1nccc1CCN=C(N)NC1CCCCCC1. The average Bonchev–Trinajstić information content (AvgIpc) is 2.65. The van der Waals surface area contributed by atoms with E-state index < -0.39 is 0 Å². The highest BCUT2D eigenvalue weighted by Gasteiger charge is 2.12. The van der Waals surface area contributed by atoms with Crippen LogP contribution < -0.4 is 11.1 Å². The molecule has 1 fully saturated rings. The fraction of sp³-hybridized carbons (Fsp3) is 0.714. The largest absolute Gasteiger partial charge is 0.370 e. The van der Waals surface area contributed by atoms with Crippen LogP contribution in [0.3, 0.4) is 0 Å². The molecule has 1 aliphatic rings. The van der Waals surface area contributed by atoms with E-state index >= 15 is 0 Å². The lowest BCUT2D eigenvalue weighted by atomic mass is 10.1. The first kappa shape index (κ1) is 13.9. The number of nitrogens with zero attached hydrogens (tertiary/aromatic N) is 3. The minimum absolute atomic E-state index is 0.517. The van der Waals surface area contributed by atoms with Gasteiger partial charge < -0.3 is 11.1 Å². The summed E-state index contributed by atoms with van der Waals surface area (Å²) in [4.78, 5) is 4.41. The maximum Gasteiger partial charge on any atom is 0.188 e. The lowest BCUT2D eigenvalue weighted by Gasteiger charge is -2.16. The molecule has 1 aromatic rings. The van der Waals surface area contributed by atoms with E-state index in [1.807, 2.05) is 24.0 Å². The summed E-state index contributed by atoms with van der Waals surface area (Å²) < 4.78 is 1.88. The first-order valence-electron chi connectivity index (χ1n) is 7.29. The molecular weight excluding hydrogens is 238 g/mol. The summed E-state index contributed by atoms with van der Waals surface area (Å²) in [5.41, 5.74) is 7.14. The number of hydrogen-bond donors (Lipinski definition) is 2. The molecule has 2 rings (SSSR count). The van der Waals surface area contributed by atoms with E-state index in [0.717, 1.165) is 6.42 Å². The number of aliphatic imine (C=N–C) groups is 1. The number of aryl methyl sites for hydroxylation is 1. The standard InChI is InChI=1S/C14H25N5/c1-19-13(9-11-17-19)8-10-16-14(15)18-12-6-4-2-3-5-7-12/h9,11-12H,2-8,10H2,1H3,(H3,15,16,18). The Bertz CT molecular complexity index is 402. The average molecular weight is 263 g/mol. The van der Waals surface area contributed by atoms with Gasteiger partial charge in [-0.25, -0.2) is 0 Å². The molecule has 0 amide bonds. The van der Waals surface area contributed by atoms with Crippen LogP contribution in [0.25, 0.3) is 0 Å². The molecule has 5 heteroatoms. The summed E-state index contributed by atoms with van der Waals surface area (Å²) in [6.07, 6.45) is 10.5. The number of guanidine groups is 1. The fourth-order valence-electron chi connectivity index (χ4n) is 2.62. The third-order valence-corrected chi connectivity index (χ3v) is 3.78. The van der Waals surface area contributed by atoms with Gasteiger partial charge in [0.25, 0.3) is 0 Å². The Hall–Kier alpha value is -1.52. The molecule has 0 aromatic carbocycles. The Morgan fingerprint density at radius 1 is 1.42 bits per heavy atom. The number of nitrogens with one attached hydrogen (secondary N) is 1. The highest BCUT2D eigenvalue weighted by molar-refractivity contribution is 5.78. The Morgan fingerprint density at radius 2 is 2.16 bits per heavy atom. The van der Waals surface area contributed by atoms with Gasteiger partial charge in [0.2, 0.25) is 0 Å². The Kier molecular flexibility index (Phi) is 5.24. The van der Waals surface area contributed by atoms with Gasteiger partial charge in [0.05, 0.1) is 0 Å². The van der Waals surface area contributed by atoms with E-state index in [2.05, 4.69) is 15.4 Å². The van der Waals surface area contributed by atoms with Crippen LogP contribution in [0.15, 0.2) is 17.3 Å². The van der Waals surface area contributed by atoms with Crippen LogP contribution >= 0.6 is 0 Å². The smallest absolute Gasteiger partial charge is 0.188 e. The second-order valence-corrected chi connectivity index (χ2v) is 5.30. The van der Waals surface area contributed by atoms with Crippen molar-refractivity contribution in [3.8, 4) is 0 Å². The summed E-state index contributed by atoms with van der Waals surface area (Å²) in [5, 5.41) is 7.50. The monoisotopic (exact) mass is 263 g/mol. The third kappa shape index (κ3) is 4.58. The van der Waals surface area contributed by atoms with Gasteiger partial charge in [-0.2, -0.15) is 5.10 Å². The molecule has 1 saturated carbocycles. The van der Waals surface area contributed by atoms with Crippen LogP contribution in [0.2, 0.25) is 0 Å². The summed E-state index contributed by atoms with van der Waals surface area (Å²) in [7, 11) is 1.95. The second kappa shape index (κ2) is 7.16. The van der Waals surface area contributed by atoms with E-state index in [0.29, 0.717) is 18.5 Å². The van der Waals surface area contributed by atoms with Crippen molar-refractivity contribution in [2.75, 3.05) is 6.54 Å². The van der Waals surface area contributed by atoms with Crippen molar-refractivity contribution in [3.05, 3.63) is 18.0 Å². The lowest BCUT2D eigenvalue weighted by molar-refractivity contribution is 0.530. The van der Waals surface area contributed by atoms with Crippen LogP contribution in [0.5, 0.6) is 0 Å². The highest BCUT2D eigenvalue weighted by Crippen LogP contribution is 2.16. The molecule has 19 heavy (non-hydrogen) atoms. The highest BCUT2D eigenvalue weighted by atomic mass is 15.3. The van der Waals surface area contributed by atoms with Gasteiger partial charge in [-0.05, 0) is 18.9 Å². The number of aromatic nitrogens is 2. The summed E-state index contributed by atoms with van der Waals surface area (Å²) in [5.74, 6) is 0.592. The van der Waals surface area contributed by atoms with Gasteiger partial charge in [-0.1, -0.05) is 25.7 Å². The normalized spacial score (nSPS) is 18.3. The molecule has 5 nitrogen and oxygen atoms in total. The van der Waals surface area contributed by atoms with Crippen molar-refractivity contribution in [1.29, 1.82) is 0 Å². The molecule has 1 aliphatic carbocycles. The summed E-state index contributed by atoms with van der Waals surface area (Å²) in [6, 6.07) is 2.53. The zero-order chi connectivity index (χ0) is 13.5. The van der Waals surface area contributed by atoms with Crippen LogP contribution in [0.4, 0.5) is 0 Å². The molecule has 1 aromatic heterocycles. The number of hydrogen-bond acceptors (Lipinski definition) is 2. The number of nitrogens with two attached hydrogens (primary N) is 1. The summed E-state index contributed by atoms with van der Waals surface area (Å²) in [6.45, 7) is 0.713. The number of rotatable bonds is 4. The molecule has 3 N–H and O–H groups in total. The first-order valence-corrected chi connectivity index (χ1v) is 7.29. The fourth-order valence-corrected chi connectivity index (χ4v) is 2.62. The van der Waals surface area contributed by atoms with E-state index in [1.54, 1.807) is 0 Å². The van der Waals surface area contributed by atoms with Gasteiger partial charge in [0.1, 0.15) is 0 Å². The minimum atomic E-state index is 0.517. The predicted octanol–water partition coefficient (Wildman–Crippen LogP) is 1.59. The van der Waals surface area contributed by atoms with Crippen molar-refractivity contribution in [2.45, 2.75) is 51.0 Å². The molecule has 0 spiro atoms. The zero-order valence-corrected chi connectivity index (χ0v) is 11.8. The van der Waals surface area contributed by atoms with Crippen LogP contribution in [0, 0.1) is 0 Å². The van der Waals surface area contributed by atoms with Gasteiger partial charge in [-0.3, -0.25) is 9.67 Å². The minimum Gasteiger partial charge on any atom is -0.370 e. The molecule has 0 radical (unpaired) electrons. The van der Waals surface area contributed by atoms with Crippen molar-refractivity contribution >= 4 is 5.96 Å². The van der Waals surface area contributed by atoms with E-state index in [-0.39, 0.29) is 0 Å². The van der Waals surface area contributed by atoms with Gasteiger partial charge in [0.15, 0.2) is 5.96 Å². The molecule has 0 bridgehead atoms. The third-order valence-electron chi connectivity index (χ3n) is 3.78. The van der Waals surface area contributed by atoms with Gasteiger partial charge in [0, 0.05) is 37.9 Å². The maximum absolute atomic E-state index is 5.95. The topological polar surface area (TPSA) is 68.2 Å². The molecule has 0 aliphatic heterocycles. The molecule has 1 heterocycles. The van der Waals surface area contributed by atoms with Gasteiger partial charge >= 0.3 is 0 Å². The molecule has 0 atom stereocenters. The van der Waals surface area contributed by atoms with Crippen molar-refractivity contribution in [2.24, 2.45) is 17.8 Å². The molecule has 106 valence electrons. The molecular formula is C14H25N5. The quantitative estimate of drug-likeness (QED) is 0.492.